The van der Waals surface area contributed by atoms with Gasteiger partial charge in [0.15, 0.2) is 0 Å². The molecule has 1 aromatic rings. The van der Waals surface area contributed by atoms with Crippen LogP contribution < -0.4 is 5.46 Å². The Kier molecular flexibility index (Phi) is 5.87. The molecule has 28 heavy (non-hydrogen) atoms. The van der Waals surface area contributed by atoms with Gasteiger partial charge in [-0.05, 0) is 65.1 Å². The number of piperidine rings is 1. The van der Waals surface area contributed by atoms with Crippen molar-refractivity contribution < 1.29 is 23.6 Å². The Morgan fingerprint density at radius 1 is 1.14 bits per heavy atom. The average Bonchev–Trinajstić information content (AvgIpc) is 2.89. The first-order chi connectivity index (χ1) is 13.1. The molecule has 0 bridgehead atoms. The van der Waals surface area contributed by atoms with Gasteiger partial charge in [0.1, 0.15) is 0 Å². The Balaban J connectivity index is 1.66. The van der Waals surface area contributed by atoms with E-state index in [0.717, 1.165) is 18.3 Å². The van der Waals surface area contributed by atoms with Crippen LogP contribution in [0.1, 0.15) is 57.8 Å². The van der Waals surface area contributed by atoms with E-state index in [0.29, 0.717) is 25.3 Å². The number of likely N-dealkylation sites (tertiary alicyclic amines) is 1. The third-order valence-corrected chi connectivity index (χ3v) is 6.01. The minimum atomic E-state index is -0.447. The van der Waals surface area contributed by atoms with E-state index >= 15 is 0 Å². The van der Waals surface area contributed by atoms with E-state index in [1.807, 2.05) is 39.8 Å². The first kappa shape index (κ1) is 20.9. The van der Waals surface area contributed by atoms with Crippen molar-refractivity contribution >= 4 is 24.5 Å². The zero-order chi connectivity index (χ0) is 20.5. The summed E-state index contributed by atoms with van der Waals surface area (Å²) in [4.78, 5) is 26.6. The van der Waals surface area contributed by atoms with Crippen molar-refractivity contribution in [3.8, 4) is 0 Å². The maximum Gasteiger partial charge on any atom is 0.494 e. The fourth-order valence-corrected chi connectivity index (χ4v) is 3.56. The second-order valence-electron chi connectivity index (χ2n) is 8.55. The summed E-state index contributed by atoms with van der Waals surface area (Å²) >= 11 is 0. The largest absolute Gasteiger partial charge is 0.494 e. The molecule has 2 saturated heterocycles. The lowest BCUT2D eigenvalue weighted by Gasteiger charge is -2.32. The standard InChI is InChI=1S/C21H30BNO5/c1-6-26-19(25)16-8-7-13-23(14-16)18(24)15-9-11-17(12-10-15)22-27-20(2,3)21(4,5)28-22/h9-12,16H,6-8,13-14H2,1-5H3. The molecule has 152 valence electrons. The van der Waals surface area contributed by atoms with E-state index in [9.17, 15) is 9.59 Å². The number of amides is 1. The van der Waals surface area contributed by atoms with Crippen LogP contribution >= 0.6 is 0 Å². The van der Waals surface area contributed by atoms with Crippen LogP contribution in [0.2, 0.25) is 0 Å². The summed E-state index contributed by atoms with van der Waals surface area (Å²) in [7, 11) is -0.447. The number of esters is 1. The maximum absolute atomic E-state index is 12.9. The highest BCUT2D eigenvalue weighted by Crippen LogP contribution is 2.36. The molecule has 1 unspecified atom stereocenters. The van der Waals surface area contributed by atoms with Crippen LogP contribution in [0.3, 0.4) is 0 Å². The Bertz CT molecular complexity index is 715. The van der Waals surface area contributed by atoms with E-state index in [4.69, 9.17) is 14.0 Å². The minimum Gasteiger partial charge on any atom is -0.466 e. The van der Waals surface area contributed by atoms with Crippen LogP contribution in [0.15, 0.2) is 24.3 Å². The molecule has 3 rings (SSSR count). The third-order valence-electron chi connectivity index (χ3n) is 6.01. The molecule has 0 radical (unpaired) electrons. The van der Waals surface area contributed by atoms with Gasteiger partial charge in [0.25, 0.3) is 5.91 Å². The highest BCUT2D eigenvalue weighted by atomic mass is 16.7. The monoisotopic (exact) mass is 387 g/mol. The molecular weight excluding hydrogens is 357 g/mol. The fourth-order valence-electron chi connectivity index (χ4n) is 3.56. The van der Waals surface area contributed by atoms with Gasteiger partial charge in [0, 0.05) is 18.7 Å². The van der Waals surface area contributed by atoms with Gasteiger partial charge >= 0.3 is 13.1 Å². The molecule has 7 heteroatoms. The van der Waals surface area contributed by atoms with Crippen LogP contribution in [0.25, 0.3) is 0 Å². The van der Waals surface area contributed by atoms with Crippen LogP contribution in [-0.4, -0.2) is 54.8 Å². The predicted molar refractivity (Wildman–Crippen MR) is 107 cm³/mol. The van der Waals surface area contributed by atoms with Crippen molar-refractivity contribution in [1.29, 1.82) is 0 Å². The van der Waals surface area contributed by atoms with Gasteiger partial charge in [-0.3, -0.25) is 9.59 Å². The van der Waals surface area contributed by atoms with Crippen molar-refractivity contribution in [2.24, 2.45) is 5.92 Å². The topological polar surface area (TPSA) is 65.1 Å². The number of carbonyl (C=O) groups excluding carboxylic acids is 2. The first-order valence-corrected chi connectivity index (χ1v) is 10.1. The molecule has 2 heterocycles. The second-order valence-corrected chi connectivity index (χ2v) is 8.55. The van der Waals surface area contributed by atoms with Gasteiger partial charge in [-0.2, -0.15) is 0 Å². The summed E-state index contributed by atoms with van der Waals surface area (Å²) in [5, 5.41) is 0. The van der Waals surface area contributed by atoms with Crippen LogP contribution in [0.5, 0.6) is 0 Å². The number of ether oxygens (including phenoxy) is 1. The lowest BCUT2D eigenvalue weighted by Crippen LogP contribution is -2.43. The molecule has 0 aliphatic carbocycles. The molecule has 2 aliphatic rings. The number of hydrogen-bond donors (Lipinski definition) is 0. The SMILES string of the molecule is CCOC(=O)C1CCCN(C(=O)c2ccc(B3OC(C)(C)C(C)(C)O3)cc2)C1. The molecule has 2 aliphatic heterocycles. The quantitative estimate of drug-likeness (QED) is 0.587. The smallest absolute Gasteiger partial charge is 0.466 e. The Labute approximate surface area is 167 Å². The molecule has 6 nitrogen and oxygen atoms in total. The number of hydrogen-bond acceptors (Lipinski definition) is 5. The number of nitrogens with zero attached hydrogens (tertiary/aromatic N) is 1. The lowest BCUT2D eigenvalue weighted by molar-refractivity contribution is -0.149. The molecule has 0 aromatic heterocycles. The molecule has 1 amide bonds. The lowest BCUT2D eigenvalue weighted by atomic mass is 9.79. The molecule has 2 fully saturated rings. The first-order valence-electron chi connectivity index (χ1n) is 10.1. The average molecular weight is 387 g/mol. The summed E-state index contributed by atoms with van der Waals surface area (Å²) in [5.74, 6) is -0.507. The number of rotatable bonds is 4. The summed E-state index contributed by atoms with van der Waals surface area (Å²) in [6.45, 7) is 11.3. The molecular formula is C21H30BNO5. The summed E-state index contributed by atoms with van der Waals surface area (Å²) in [6.07, 6.45) is 1.57. The zero-order valence-electron chi connectivity index (χ0n) is 17.5. The maximum atomic E-state index is 12.9. The molecule has 1 atom stereocenters. The van der Waals surface area contributed by atoms with Crippen molar-refractivity contribution in [1.82, 2.24) is 4.90 Å². The zero-order valence-corrected chi connectivity index (χ0v) is 17.5. The highest BCUT2D eigenvalue weighted by molar-refractivity contribution is 6.62. The number of benzene rings is 1. The normalized spacial score (nSPS) is 23.5. The van der Waals surface area contributed by atoms with Crippen molar-refractivity contribution in [3.05, 3.63) is 29.8 Å². The number of carbonyl (C=O) groups is 2. The Morgan fingerprint density at radius 3 is 2.32 bits per heavy atom. The minimum absolute atomic E-state index is 0.0607. The van der Waals surface area contributed by atoms with Gasteiger partial charge in [0.05, 0.1) is 23.7 Å². The fraction of sp³-hybridized carbons (Fsp3) is 0.619. The van der Waals surface area contributed by atoms with Crippen LogP contribution in [0, 0.1) is 5.92 Å². The molecule has 0 saturated carbocycles. The second kappa shape index (κ2) is 7.87. The van der Waals surface area contributed by atoms with Crippen LogP contribution in [-0.2, 0) is 18.8 Å². The molecule has 0 N–H and O–H groups in total. The van der Waals surface area contributed by atoms with Crippen molar-refractivity contribution in [3.63, 3.8) is 0 Å². The third kappa shape index (κ3) is 4.10. The van der Waals surface area contributed by atoms with Gasteiger partial charge in [-0.25, -0.2) is 0 Å². The van der Waals surface area contributed by atoms with Gasteiger partial charge in [0.2, 0.25) is 0 Å². The Hall–Kier alpha value is -1.86. The van der Waals surface area contributed by atoms with E-state index in [2.05, 4.69) is 0 Å². The van der Waals surface area contributed by atoms with E-state index in [-0.39, 0.29) is 17.8 Å². The van der Waals surface area contributed by atoms with Crippen molar-refractivity contribution in [2.45, 2.75) is 58.7 Å². The Morgan fingerprint density at radius 2 is 1.75 bits per heavy atom. The van der Waals surface area contributed by atoms with Gasteiger partial charge in [-0.15, -0.1) is 0 Å². The molecule has 1 aromatic carbocycles. The van der Waals surface area contributed by atoms with Crippen LogP contribution in [0.4, 0.5) is 0 Å². The molecule has 0 spiro atoms. The van der Waals surface area contributed by atoms with Crippen molar-refractivity contribution in [2.75, 3.05) is 19.7 Å². The summed E-state index contributed by atoms with van der Waals surface area (Å²) in [6, 6.07) is 7.36. The van der Waals surface area contributed by atoms with Gasteiger partial charge < -0.3 is 18.9 Å². The van der Waals surface area contributed by atoms with Gasteiger partial charge in [-0.1, -0.05) is 12.1 Å². The summed E-state index contributed by atoms with van der Waals surface area (Å²) in [5.41, 5.74) is 0.687. The highest BCUT2D eigenvalue weighted by Gasteiger charge is 2.51. The van der Waals surface area contributed by atoms with E-state index in [1.165, 1.54) is 0 Å². The van der Waals surface area contributed by atoms with E-state index in [1.54, 1.807) is 24.0 Å². The summed E-state index contributed by atoms with van der Waals surface area (Å²) < 4.78 is 17.2. The predicted octanol–water partition coefficient (Wildman–Crippen LogP) is 2.40. The van der Waals surface area contributed by atoms with E-state index < -0.39 is 18.3 Å².